The van der Waals surface area contributed by atoms with E-state index < -0.39 is 22.2 Å². The zero-order valence-electron chi connectivity index (χ0n) is 9.18. The van der Waals surface area contributed by atoms with Crippen molar-refractivity contribution in [3.05, 3.63) is 6.20 Å². The van der Waals surface area contributed by atoms with Crippen LogP contribution in [0.25, 0.3) is 0 Å². The van der Waals surface area contributed by atoms with Gasteiger partial charge in [-0.3, -0.25) is 4.68 Å². The van der Waals surface area contributed by atoms with E-state index in [4.69, 9.17) is 5.73 Å². The predicted octanol–water partition coefficient (Wildman–Crippen LogP) is -2.27. The minimum atomic E-state index is -3.81. The van der Waals surface area contributed by atoms with Crippen LogP contribution >= 0.6 is 0 Å². The topological polar surface area (TPSA) is 122 Å². The van der Waals surface area contributed by atoms with Gasteiger partial charge in [-0.1, -0.05) is 0 Å². The molecule has 0 radical (unpaired) electrons. The van der Waals surface area contributed by atoms with E-state index >= 15 is 0 Å². The van der Waals surface area contributed by atoms with Crippen LogP contribution in [-0.2, 0) is 17.1 Å². The molecule has 1 fully saturated rings. The molecule has 0 aliphatic carbocycles. The maximum absolute atomic E-state index is 12.1. The number of rotatable bonds is 2. The molecule has 0 aromatic carbocycles. The number of nitrogens with zero attached hydrogens (tertiary/aromatic N) is 3. The molecule has 17 heavy (non-hydrogen) atoms. The van der Waals surface area contributed by atoms with Crippen molar-refractivity contribution < 1.29 is 18.6 Å². The minimum absolute atomic E-state index is 0.0941. The van der Waals surface area contributed by atoms with E-state index in [1.54, 1.807) is 7.05 Å². The predicted molar refractivity (Wildman–Crippen MR) is 58.4 cm³/mol. The second-order valence-corrected chi connectivity index (χ2v) is 5.92. The SMILES string of the molecule is Cn1cc(S(=O)(=O)N2CC(O)C(O)C2)c(N)n1. The molecule has 4 N–H and O–H groups in total. The molecule has 2 atom stereocenters. The van der Waals surface area contributed by atoms with Crippen molar-refractivity contribution in [2.75, 3.05) is 18.8 Å². The number of anilines is 1. The van der Waals surface area contributed by atoms with Gasteiger partial charge in [0.15, 0.2) is 5.82 Å². The van der Waals surface area contributed by atoms with Gasteiger partial charge in [-0.25, -0.2) is 8.42 Å². The maximum atomic E-state index is 12.1. The number of aliphatic hydroxyl groups excluding tert-OH is 2. The molecule has 1 saturated heterocycles. The summed E-state index contributed by atoms with van der Waals surface area (Å²) in [4.78, 5) is -0.110. The Bertz CT molecular complexity index is 516. The van der Waals surface area contributed by atoms with Crippen molar-refractivity contribution in [2.45, 2.75) is 17.1 Å². The molecule has 0 amide bonds. The summed E-state index contributed by atoms with van der Waals surface area (Å²) in [5, 5.41) is 22.4. The fourth-order valence-electron chi connectivity index (χ4n) is 1.75. The number of aryl methyl sites for hydroxylation is 1. The molecule has 1 aliphatic heterocycles. The van der Waals surface area contributed by atoms with Crippen LogP contribution in [0.4, 0.5) is 5.82 Å². The summed E-state index contributed by atoms with van der Waals surface area (Å²) in [6.45, 7) is -0.282. The second-order valence-electron chi connectivity index (χ2n) is 4.01. The van der Waals surface area contributed by atoms with E-state index in [-0.39, 0.29) is 23.8 Å². The van der Waals surface area contributed by atoms with Gasteiger partial charge in [0.2, 0.25) is 10.0 Å². The van der Waals surface area contributed by atoms with Crippen LogP contribution in [-0.4, -0.2) is 58.0 Å². The molecule has 0 spiro atoms. The third-order valence-corrected chi connectivity index (χ3v) is 4.51. The molecule has 96 valence electrons. The van der Waals surface area contributed by atoms with Gasteiger partial charge < -0.3 is 15.9 Å². The van der Waals surface area contributed by atoms with Crippen molar-refractivity contribution in [1.82, 2.24) is 14.1 Å². The van der Waals surface area contributed by atoms with Crippen LogP contribution in [0.2, 0.25) is 0 Å². The fourth-order valence-corrected chi connectivity index (χ4v) is 3.32. The Kier molecular flexibility index (Phi) is 2.86. The number of aromatic nitrogens is 2. The summed E-state index contributed by atoms with van der Waals surface area (Å²) in [6.07, 6.45) is -0.841. The lowest BCUT2D eigenvalue weighted by Gasteiger charge is -2.14. The summed E-state index contributed by atoms with van der Waals surface area (Å²) in [5.41, 5.74) is 5.50. The Morgan fingerprint density at radius 3 is 2.35 bits per heavy atom. The Morgan fingerprint density at radius 1 is 1.41 bits per heavy atom. The van der Waals surface area contributed by atoms with Crippen molar-refractivity contribution in [3.63, 3.8) is 0 Å². The molecule has 2 rings (SSSR count). The Morgan fingerprint density at radius 2 is 1.94 bits per heavy atom. The highest BCUT2D eigenvalue weighted by Gasteiger charge is 2.39. The van der Waals surface area contributed by atoms with Crippen LogP contribution in [0.15, 0.2) is 11.1 Å². The highest BCUT2D eigenvalue weighted by Crippen LogP contribution is 2.24. The summed E-state index contributed by atoms with van der Waals surface area (Å²) < 4.78 is 26.6. The van der Waals surface area contributed by atoms with E-state index in [0.29, 0.717) is 0 Å². The number of sulfonamides is 1. The van der Waals surface area contributed by atoms with Gasteiger partial charge in [-0.15, -0.1) is 0 Å². The Balaban J connectivity index is 2.35. The molecule has 0 saturated carbocycles. The molecule has 8 nitrogen and oxygen atoms in total. The molecule has 9 heteroatoms. The Labute approximate surface area is 98.3 Å². The van der Waals surface area contributed by atoms with Crippen LogP contribution in [0.1, 0.15) is 0 Å². The standard InChI is InChI=1S/C8H14N4O4S/c1-11-4-7(8(9)10-11)17(15,16)12-2-5(13)6(14)3-12/h4-6,13-14H,2-3H2,1H3,(H2,9,10). The lowest BCUT2D eigenvalue weighted by molar-refractivity contribution is 0.0572. The highest BCUT2D eigenvalue weighted by molar-refractivity contribution is 7.89. The first kappa shape index (κ1) is 12.3. The quantitative estimate of drug-likeness (QED) is 0.552. The average molecular weight is 262 g/mol. The van der Waals surface area contributed by atoms with Crippen molar-refractivity contribution in [1.29, 1.82) is 0 Å². The van der Waals surface area contributed by atoms with E-state index in [9.17, 15) is 18.6 Å². The second kappa shape index (κ2) is 3.95. The molecule has 2 unspecified atom stereocenters. The van der Waals surface area contributed by atoms with Gasteiger partial charge in [-0.2, -0.15) is 9.40 Å². The molecule has 2 heterocycles. The van der Waals surface area contributed by atoms with E-state index in [1.807, 2.05) is 0 Å². The van der Waals surface area contributed by atoms with Crippen LogP contribution in [0, 0.1) is 0 Å². The zero-order chi connectivity index (χ0) is 12.8. The lowest BCUT2D eigenvalue weighted by atomic mass is 10.3. The first-order valence-electron chi connectivity index (χ1n) is 4.98. The summed E-state index contributed by atoms with van der Waals surface area (Å²) in [5.74, 6) is -0.0941. The molecule has 1 aromatic rings. The number of aliphatic hydroxyl groups is 2. The van der Waals surface area contributed by atoms with Crippen LogP contribution in [0.3, 0.4) is 0 Å². The third-order valence-electron chi connectivity index (χ3n) is 2.67. The van der Waals surface area contributed by atoms with Gasteiger partial charge in [0.1, 0.15) is 4.90 Å². The first-order valence-corrected chi connectivity index (χ1v) is 6.42. The first-order chi connectivity index (χ1) is 7.82. The lowest BCUT2D eigenvalue weighted by Crippen LogP contribution is -2.30. The fraction of sp³-hybridized carbons (Fsp3) is 0.625. The van der Waals surface area contributed by atoms with Crippen molar-refractivity contribution in [3.8, 4) is 0 Å². The maximum Gasteiger partial charge on any atom is 0.248 e. The van der Waals surface area contributed by atoms with E-state index in [1.165, 1.54) is 10.9 Å². The number of nitrogens with two attached hydrogens (primary N) is 1. The summed E-state index contributed by atoms with van der Waals surface area (Å²) >= 11 is 0. The van der Waals surface area contributed by atoms with Gasteiger partial charge in [0.05, 0.1) is 12.2 Å². The minimum Gasteiger partial charge on any atom is -0.389 e. The summed E-state index contributed by atoms with van der Waals surface area (Å²) in [7, 11) is -2.25. The monoisotopic (exact) mass is 262 g/mol. The number of hydrogen-bond donors (Lipinski definition) is 3. The van der Waals surface area contributed by atoms with Crippen LogP contribution in [0.5, 0.6) is 0 Å². The van der Waals surface area contributed by atoms with Crippen molar-refractivity contribution >= 4 is 15.8 Å². The largest absolute Gasteiger partial charge is 0.389 e. The van der Waals surface area contributed by atoms with Gasteiger partial charge in [-0.05, 0) is 0 Å². The molecular formula is C8H14N4O4S. The average Bonchev–Trinajstić information content (AvgIpc) is 2.72. The van der Waals surface area contributed by atoms with E-state index in [2.05, 4.69) is 5.10 Å². The van der Waals surface area contributed by atoms with Crippen LogP contribution < -0.4 is 5.73 Å². The summed E-state index contributed by atoms with van der Waals surface area (Å²) in [6, 6.07) is 0. The third kappa shape index (κ3) is 2.02. The molecule has 0 bridgehead atoms. The van der Waals surface area contributed by atoms with E-state index in [0.717, 1.165) is 4.31 Å². The zero-order valence-corrected chi connectivity index (χ0v) is 10.0. The number of hydrogen-bond acceptors (Lipinski definition) is 6. The van der Waals surface area contributed by atoms with Gasteiger partial charge >= 0.3 is 0 Å². The number of β-amino-alcohol motifs (C(OH)–C–C–N with tert-alkyl or cyclic N) is 2. The van der Waals surface area contributed by atoms with Gasteiger partial charge in [0.25, 0.3) is 0 Å². The van der Waals surface area contributed by atoms with Gasteiger partial charge in [0, 0.05) is 26.3 Å². The molecule has 1 aromatic heterocycles. The number of nitrogen functional groups attached to an aromatic ring is 1. The highest BCUT2D eigenvalue weighted by atomic mass is 32.2. The molecular weight excluding hydrogens is 248 g/mol. The normalized spacial score (nSPS) is 26.5. The van der Waals surface area contributed by atoms with Crippen molar-refractivity contribution in [2.24, 2.45) is 7.05 Å². The smallest absolute Gasteiger partial charge is 0.248 e. The molecule has 1 aliphatic rings. The Hall–Kier alpha value is -1.16.